The molecule has 0 atom stereocenters. The fraction of sp³-hybridized carbons (Fsp3) is 0.438. The van der Waals surface area contributed by atoms with Crippen molar-refractivity contribution < 1.29 is 0 Å². The molecule has 0 aromatic carbocycles. The Kier molecular flexibility index (Phi) is 6.40. The minimum atomic E-state index is 0.639. The van der Waals surface area contributed by atoms with Crippen molar-refractivity contribution in [2.75, 3.05) is 32.6 Å². The zero-order chi connectivity index (χ0) is 16.5. The fourth-order valence-electron chi connectivity index (χ4n) is 2.09. The van der Waals surface area contributed by atoms with E-state index in [0.717, 1.165) is 37.0 Å². The molecule has 2 aromatic heterocycles. The molecule has 0 aliphatic carbocycles. The smallest absolute Gasteiger partial charge is 0.191 e. The van der Waals surface area contributed by atoms with Crippen LogP contribution < -0.4 is 15.5 Å². The fourth-order valence-corrected chi connectivity index (χ4v) is 2.09. The van der Waals surface area contributed by atoms with E-state index in [1.807, 2.05) is 54.1 Å². The van der Waals surface area contributed by atoms with Crippen LogP contribution in [0.25, 0.3) is 0 Å². The number of anilines is 1. The van der Waals surface area contributed by atoms with Crippen LogP contribution in [0.3, 0.4) is 0 Å². The lowest BCUT2D eigenvalue weighted by Crippen LogP contribution is -2.37. The first-order valence-corrected chi connectivity index (χ1v) is 7.74. The Hall–Kier alpha value is -2.57. The summed E-state index contributed by atoms with van der Waals surface area (Å²) in [5, 5.41) is 10.8. The van der Waals surface area contributed by atoms with Gasteiger partial charge in [0.15, 0.2) is 5.96 Å². The lowest BCUT2D eigenvalue weighted by Gasteiger charge is -2.14. The van der Waals surface area contributed by atoms with Gasteiger partial charge in [-0.05, 0) is 24.6 Å². The van der Waals surface area contributed by atoms with Crippen molar-refractivity contribution in [2.24, 2.45) is 4.99 Å². The number of aliphatic imine (C=N–C) groups is 1. The highest BCUT2D eigenvalue weighted by atomic mass is 15.3. The van der Waals surface area contributed by atoms with Gasteiger partial charge in [-0.2, -0.15) is 5.10 Å². The lowest BCUT2D eigenvalue weighted by atomic mass is 10.3. The molecule has 0 spiro atoms. The van der Waals surface area contributed by atoms with Crippen LogP contribution in [0.5, 0.6) is 0 Å². The molecule has 0 amide bonds. The maximum atomic E-state index is 4.58. The van der Waals surface area contributed by atoms with E-state index in [2.05, 4.69) is 25.7 Å². The van der Waals surface area contributed by atoms with Gasteiger partial charge in [0.2, 0.25) is 0 Å². The zero-order valence-electron chi connectivity index (χ0n) is 14.0. The highest BCUT2D eigenvalue weighted by molar-refractivity contribution is 5.79. The van der Waals surface area contributed by atoms with E-state index < -0.39 is 0 Å². The molecule has 2 heterocycles. The number of rotatable bonds is 7. The van der Waals surface area contributed by atoms with Crippen LogP contribution in [0.15, 0.2) is 41.7 Å². The second-order valence-corrected chi connectivity index (χ2v) is 5.36. The number of aromatic nitrogens is 3. The van der Waals surface area contributed by atoms with Crippen LogP contribution >= 0.6 is 0 Å². The first-order valence-electron chi connectivity index (χ1n) is 7.74. The normalized spacial score (nSPS) is 11.3. The number of guanidine groups is 1. The number of nitrogens with zero attached hydrogens (tertiary/aromatic N) is 5. The van der Waals surface area contributed by atoms with Gasteiger partial charge in [0.05, 0.1) is 12.2 Å². The summed E-state index contributed by atoms with van der Waals surface area (Å²) in [4.78, 5) is 10.8. The molecular weight excluding hydrogens is 290 g/mol. The molecular formula is C16H25N7. The molecule has 0 radical (unpaired) electrons. The van der Waals surface area contributed by atoms with Crippen LogP contribution in [0.4, 0.5) is 5.82 Å². The molecule has 7 heteroatoms. The Morgan fingerprint density at radius 3 is 2.83 bits per heavy atom. The van der Waals surface area contributed by atoms with Crippen molar-refractivity contribution in [2.45, 2.75) is 19.5 Å². The molecule has 2 N–H and O–H groups in total. The molecule has 7 nitrogen and oxygen atoms in total. The Morgan fingerprint density at radius 1 is 1.26 bits per heavy atom. The number of nitrogens with one attached hydrogen (secondary N) is 2. The van der Waals surface area contributed by atoms with Gasteiger partial charge in [-0.25, -0.2) is 4.98 Å². The first-order chi connectivity index (χ1) is 11.2. The summed E-state index contributed by atoms with van der Waals surface area (Å²) in [6.45, 7) is 2.37. The highest BCUT2D eigenvalue weighted by Crippen LogP contribution is 2.07. The summed E-state index contributed by atoms with van der Waals surface area (Å²) in [5.41, 5.74) is 0.982. The number of pyridine rings is 1. The minimum Gasteiger partial charge on any atom is -0.363 e. The molecule has 0 fully saturated rings. The molecule has 0 unspecified atom stereocenters. The van der Waals surface area contributed by atoms with E-state index in [1.165, 1.54) is 0 Å². The van der Waals surface area contributed by atoms with Gasteiger partial charge in [-0.3, -0.25) is 9.67 Å². The summed E-state index contributed by atoms with van der Waals surface area (Å²) in [5.74, 6) is 1.73. The van der Waals surface area contributed by atoms with Crippen molar-refractivity contribution in [1.29, 1.82) is 0 Å². The van der Waals surface area contributed by atoms with E-state index in [-0.39, 0.29) is 0 Å². The van der Waals surface area contributed by atoms with Crippen molar-refractivity contribution in [1.82, 2.24) is 25.4 Å². The molecule has 2 rings (SSSR count). The molecule has 124 valence electrons. The predicted molar refractivity (Wildman–Crippen MR) is 93.6 cm³/mol. The number of hydrogen-bond acceptors (Lipinski definition) is 4. The van der Waals surface area contributed by atoms with E-state index in [9.17, 15) is 0 Å². The van der Waals surface area contributed by atoms with Gasteiger partial charge < -0.3 is 15.5 Å². The van der Waals surface area contributed by atoms with Gasteiger partial charge in [-0.15, -0.1) is 0 Å². The van der Waals surface area contributed by atoms with Gasteiger partial charge in [0, 0.05) is 46.6 Å². The Bertz CT molecular complexity index is 605. The molecule has 0 bridgehead atoms. The van der Waals surface area contributed by atoms with E-state index >= 15 is 0 Å². The Labute approximate surface area is 137 Å². The summed E-state index contributed by atoms with van der Waals surface area (Å²) >= 11 is 0. The first kappa shape index (κ1) is 16.8. The van der Waals surface area contributed by atoms with Crippen molar-refractivity contribution in [3.05, 3.63) is 42.4 Å². The topological polar surface area (TPSA) is 70.4 Å². The number of aryl methyl sites for hydroxylation is 1. The van der Waals surface area contributed by atoms with Crippen LogP contribution in [-0.4, -0.2) is 48.4 Å². The lowest BCUT2D eigenvalue weighted by molar-refractivity contribution is 0.570. The maximum Gasteiger partial charge on any atom is 0.191 e. The molecule has 0 saturated heterocycles. The van der Waals surface area contributed by atoms with Gasteiger partial charge in [0.1, 0.15) is 5.82 Å². The van der Waals surface area contributed by atoms with Crippen molar-refractivity contribution in [3.8, 4) is 0 Å². The summed E-state index contributed by atoms with van der Waals surface area (Å²) < 4.78 is 1.93. The SMILES string of the molecule is CN=C(NCCCn1cccn1)NCc1cccc(N(C)C)n1. The molecule has 2 aromatic rings. The second-order valence-electron chi connectivity index (χ2n) is 5.36. The van der Waals surface area contributed by atoms with Gasteiger partial charge in [0.25, 0.3) is 0 Å². The number of hydrogen-bond donors (Lipinski definition) is 2. The monoisotopic (exact) mass is 315 g/mol. The third-order valence-electron chi connectivity index (χ3n) is 3.33. The quantitative estimate of drug-likeness (QED) is 0.455. The maximum absolute atomic E-state index is 4.58. The van der Waals surface area contributed by atoms with Crippen LogP contribution in [0.2, 0.25) is 0 Å². The summed E-state index contributed by atoms with van der Waals surface area (Å²) in [6.07, 6.45) is 4.75. The van der Waals surface area contributed by atoms with Crippen LogP contribution in [0.1, 0.15) is 12.1 Å². The second kappa shape index (κ2) is 8.77. The zero-order valence-corrected chi connectivity index (χ0v) is 14.0. The average Bonchev–Trinajstić information content (AvgIpc) is 3.08. The van der Waals surface area contributed by atoms with Crippen molar-refractivity contribution in [3.63, 3.8) is 0 Å². The van der Waals surface area contributed by atoms with E-state index in [1.54, 1.807) is 13.2 Å². The van der Waals surface area contributed by atoms with Gasteiger partial charge >= 0.3 is 0 Å². The molecule has 0 aliphatic rings. The summed E-state index contributed by atoms with van der Waals surface area (Å²) in [6, 6.07) is 7.94. The average molecular weight is 315 g/mol. The highest BCUT2D eigenvalue weighted by Gasteiger charge is 2.02. The van der Waals surface area contributed by atoms with Crippen LogP contribution in [-0.2, 0) is 13.1 Å². The van der Waals surface area contributed by atoms with Crippen LogP contribution in [0, 0.1) is 0 Å². The van der Waals surface area contributed by atoms with Gasteiger partial charge in [-0.1, -0.05) is 6.07 Å². The third-order valence-corrected chi connectivity index (χ3v) is 3.33. The van der Waals surface area contributed by atoms with E-state index in [0.29, 0.717) is 6.54 Å². The third kappa shape index (κ3) is 5.61. The minimum absolute atomic E-state index is 0.639. The standard InChI is InChI=1S/C16H25N7/c1-17-16(18-9-5-11-23-12-6-10-20-23)19-13-14-7-4-8-15(21-14)22(2)3/h4,6-8,10,12H,5,9,11,13H2,1-3H3,(H2,17,18,19). The molecule has 23 heavy (non-hydrogen) atoms. The Balaban J connectivity index is 1.73. The Morgan fingerprint density at radius 2 is 2.13 bits per heavy atom. The van der Waals surface area contributed by atoms with E-state index in [4.69, 9.17) is 0 Å². The summed E-state index contributed by atoms with van der Waals surface area (Å²) in [7, 11) is 5.74. The van der Waals surface area contributed by atoms with Crippen molar-refractivity contribution >= 4 is 11.8 Å². The predicted octanol–water partition coefficient (Wildman–Crippen LogP) is 1.10. The molecule has 0 aliphatic heterocycles. The molecule has 0 saturated carbocycles. The largest absolute Gasteiger partial charge is 0.363 e.